The highest BCUT2D eigenvalue weighted by Crippen LogP contribution is 2.47. The molecule has 12 heavy (non-hydrogen) atoms. The summed E-state index contributed by atoms with van der Waals surface area (Å²) in [5, 5.41) is 0.784. The number of carbonyl (C=O) groups excluding carboxylic acids is 1. The minimum atomic E-state index is 0.213. The zero-order valence-electron chi connectivity index (χ0n) is 6.53. The first kappa shape index (κ1) is 7.81. The third kappa shape index (κ3) is 1.25. The Balaban J connectivity index is 2.25. The van der Waals surface area contributed by atoms with E-state index in [1.165, 1.54) is 0 Å². The molecule has 0 bridgehead atoms. The summed E-state index contributed by atoms with van der Waals surface area (Å²) in [7, 11) is 0. The minimum Gasteiger partial charge on any atom is -0.303 e. The van der Waals surface area contributed by atoms with Crippen LogP contribution in [0.15, 0.2) is 24.3 Å². The summed E-state index contributed by atoms with van der Waals surface area (Å²) in [6.07, 6.45) is 1.99. The number of hydrogen-bond donors (Lipinski definition) is 0. The fraction of sp³-hybridized carbons (Fsp3) is 0.300. The average molecular weight is 181 g/mol. The summed E-state index contributed by atoms with van der Waals surface area (Å²) in [6, 6.07) is 7.74. The topological polar surface area (TPSA) is 17.1 Å². The Morgan fingerprint density at radius 1 is 1.42 bits per heavy atom. The fourth-order valence-electron chi connectivity index (χ4n) is 1.50. The predicted octanol–water partition coefficient (Wildman–Crippen LogP) is 2.64. The molecule has 0 N–H and O–H groups in total. The standard InChI is InChI=1S/C10H9ClO/c11-10-4-2-1-3-8(10)9-5-7(9)6-12/h1-4,6-7,9H,5H2/t7-,9-/m0/s1. The first-order valence-corrected chi connectivity index (χ1v) is 4.40. The minimum absolute atomic E-state index is 0.213. The van der Waals surface area contributed by atoms with Crippen molar-refractivity contribution in [2.45, 2.75) is 12.3 Å². The molecular formula is C10H9ClO. The molecule has 1 fully saturated rings. The maximum atomic E-state index is 10.4. The van der Waals surface area contributed by atoms with Gasteiger partial charge in [-0.2, -0.15) is 0 Å². The van der Waals surface area contributed by atoms with Crippen molar-refractivity contribution in [3.05, 3.63) is 34.9 Å². The van der Waals surface area contributed by atoms with E-state index in [1.807, 2.05) is 24.3 Å². The van der Waals surface area contributed by atoms with E-state index in [0.717, 1.165) is 23.3 Å². The second-order valence-electron chi connectivity index (χ2n) is 3.16. The van der Waals surface area contributed by atoms with Crippen molar-refractivity contribution in [3.63, 3.8) is 0 Å². The molecule has 0 amide bonds. The molecule has 1 aromatic carbocycles. The Morgan fingerprint density at radius 2 is 2.17 bits per heavy atom. The predicted molar refractivity (Wildman–Crippen MR) is 48.4 cm³/mol. The zero-order chi connectivity index (χ0) is 8.55. The molecule has 1 aliphatic carbocycles. The van der Waals surface area contributed by atoms with Crippen LogP contribution in [0.4, 0.5) is 0 Å². The smallest absolute Gasteiger partial charge is 0.123 e. The van der Waals surface area contributed by atoms with Crippen LogP contribution < -0.4 is 0 Å². The van der Waals surface area contributed by atoms with Gasteiger partial charge in [-0.1, -0.05) is 29.8 Å². The summed E-state index contributed by atoms with van der Waals surface area (Å²) in [5.41, 5.74) is 1.12. The molecule has 0 saturated heterocycles. The molecule has 1 aliphatic rings. The summed E-state index contributed by atoms with van der Waals surface area (Å²) in [5.74, 6) is 0.598. The second kappa shape index (κ2) is 2.91. The van der Waals surface area contributed by atoms with E-state index in [9.17, 15) is 4.79 Å². The van der Waals surface area contributed by atoms with Crippen molar-refractivity contribution in [2.75, 3.05) is 0 Å². The molecule has 62 valence electrons. The Bertz CT molecular complexity index is 308. The van der Waals surface area contributed by atoms with E-state index in [0.29, 0.717) is 5.92 Å². The molecule has 1 saturated carbocycles. The molecule has 0 radical (unpaired) electrons. The molecule has 0 heterocycles. The lowest BCUT2D eigenvalue weighted by Gasteiger charge is -1.99. The van der Waals surface area contributed by atoms with Crippen LogP contribution in [0.1, 0.15) is 17.9 Å². The van der Waals surface area contributed by atoms with Crippen molar-refractivity contribution in [2.24, 2.45) is 5.92 Å². The first-order chi connectivity index (χ1) is 5.83. The van der Waals surface area contributed by atoms with E-state index < -0.39 is 0 Å². The van der Waals surface area contributed by atoms with Crippen LogP contribution in [0, 0.1) is 5.92 Å². The third-order valence-electron chi connectivity index (χ3n) is 2.32. The van der Waals surface area contributed by atoms with Crippen LogP contribution in [-0.2, 0) is 4.79 Å². The van der Waals surface area contributed by atoms with Gasteiger partial charge in [0.25, 0.3) is 0 Å². The summed E-state index contributed by atoms with van der Waals surface area (Å²) in [6.45, 7) is 0. The molecule has 0 unspecified atom stereocenters. The van der Waals surface area contributed by atoms with Gasteiger partial charge in [0.05, 0.1) is 0 Å². The maximum Gasteiger partial charge on any atom is 0.123 e. The van der Waals surface area contributed by atoms with Gasteiger partial charge in [0.15, 0.2) is 0 Å². The van der Waals surface area contributed by atoms with E-state index in [2.05, 4.69) is 0 Å². The fourth-order valence-corrected chi connectivity index (χ4v) is 1.77. The van der Waals surface area contributed by atoms with Crippen molar-refractivity contribution < 1.29 is 4.79 Å². The van der Waals surface area contributed by atoms with E-state index in [4.69, 9.17) is 11.6 Å². The third-order valence-corrected chi connectivity index (χ3v) is 2.66. The number of benzene rings is 1. The SMILES string of the molecule is O=C[C@@H]1C[C@@H]1c1ccccc1Cl. The van der Waals surface area contributed by atoms with Gasteiger partial charge in [-0.15, -0.1) is 0 Å². The normalized spacial score (nSPS) is 26.8. The van der Waals surface area contributed by atoms with Crippen LogP contribution in [-0.4, -0.2) is 6.29 Å². The largest absolute Gasteiger partial charge is 0.303 e. The molecule has 1 aromatic rings. The number of hydrogen-bond acceptors (Lipinski definition) is 1. The number of carbonyl (C=O) groups is 1. The van der Waals surface area contributed by atoms with Gasteiger partial charge in [-0.3, -0.25) is 0 Å². The van der Waals surface area contributed by atoms with Gasteiger partial charge in [-0.25, -0.2) is 0 Å². The van der Waals surface area contributed by atoms with Gasteiger partial charge in [-0.05, 0) is 24.0 Å². The Kier molecular flexibility index (Phi) is 1.89. The number of rotatable bonds is 2. The van der Waals surface area contributed by atoms with Gasteiger partial charge < -0.3 is 4.79 Å². The Hall–Kier alpha value is -0.820. The van der Waals surface area contributed by atoms with E-state index >= 15 is 0 Å². The monoisotopic (exact) mass is 180 g/mol. The zero-order valence-corrected chi connectivity index (χ0v) is 7.29. The van der Waals surface area contributed by atoms with Crippen LogP contribution in [0.2, 0.25) is 5.02 Å². The first-order valence-electron chi connectivity index (χ1n) is 4.02. The lowest BCUT2D eigenvalue weighted by molar-refractivity contribution is -0.108. The average Bonchev–Trinajstić information content (AvgIpc) is 2.84. The molecular weight excluding hydrogens is 172 g/mol. The van der Waals surface area contributed by atoms with Crippen molar-refractivity contribution in [1.82, 2.24) is 0 Å². The van der Waals surface area contributed by atoms with Crippen LogP contribution in [0.3, 0.4) is 0 Å². The summed E-state index contributed by atoms with van der Waals surface area (Å²) < 4.78 is 0. The van der Waals surface area contributed by atoms with Crippen molar-refractivity contribution in [3.8, 4) is 0 Å². The lowest BCUT2D eigenvalue weighted by Crippen LogP contribution is -1.84. The quantitative estimate of drug-likeness (QED) is 0.640. The molecule has 0 aliphatic heterocycles. The molecule has 2 heteroatoms. The van der Waals surface area contributed by atoms with Crippen molar-refractivity contribution in [1.29, 1.82) is 0 Å². The van der Waals surface area contributed by atoms with Crippen molar-refractivity contribution >= 4 is 17.9 Å². The number of halogens is 1. The van der Waals surface area contributed by atoms with Gasteiger partial charge >= 0.3 is 0 Å². The highest BCUT2D eigenvalue weighted by atomic mass is 35.5. The maximum absolute atomic E-state index is 10.4. The Labute approximate surface area is 76.4 Å². The highest BCUT2D eigenvalue weighted by Gasteiger charge is 2.38. The molecule has 2 rings (SSSR count). The van der Waals surface area contributed by atoms with Crippen LogP contribution >= 0.6 is 11.6 Å². The molecule has 0 spiro atoms. The Morgan fingerprint density at radius 3 is 2.75 bits per heavy atom. The molecule has 2 atom stereocenters. The summed E-state index contributed by atoms with van der Waals surface area (Å²) in [4.78, 5) is 10.4. The van der Waals surface area contributed by atoms with Crippen LogP contribution in [0.5, 0.6) is 0 Å². The molecule has 1 nitrogen and oxygen atoms in total. The molecule has 0 aromatic heterocycles. The highest BCUT2D eigenvalue weighted by molar-refractivity contribution is 6.31. The second-order valence-corrected chi connectivity index (χ2v) is 3.57. The van der Waals surface area contributed by atoms with Gasteiger partial charge in [0.2, 0.25) is 0 Å². The lowest BCUT2D eigenvalue weighted by atomic mass is 10.1. The van der Waals surface area contributed by atoms with Crippen LogP contribution in [0.25, 0.3) is 0 Å². The van der Waals surface area contributed by atoms with E-state index in [1.54, 1.807) is 0 Å². The number of aldehydes is 1. The van der Waals surface area contributed by atoms with Gasteiger partial charge in [0.1, 0.15) is 6.29 Å². The van der Waals surface area contributed by atoms with Gasteiger partial charge in [0, 0.05) is 10.9 Å². The summed E-state index contributed by atoms with van der Waals surface area (Å²) >= 11 is 5.97. The van der Waals surface area contributed by atoms with E-state index in [-0.39, 0.29) is 5.92 Å².